The average molecular weight is 475 g/mol. The Hall–Kier alpha value is -2.90. The molecule has 10 heteroatoms. The van der Waals surface area contributed by atoms with Gasteiger partial charge in [0.25, 0.3) is 0 Å². The fourth-order valence-electron chi connectivity index (χ4n) is 5.78. The van der Waals surface area contributed by atoms with Crippen molar-refractivity contribution in [2.75, 3.05) is 0 Å². The Labute approximate surface area is 204 Å². The number of aromatic nitrogens is 5. The van der Waals surface area contributed by atoms with E-state index in [9.17, 15) is 8.78 Å². The second kappa shape index (κ2) is 7.80. The van der Waals surface area contributed by atoms with Gasteiger partial charge in [-0.25, -0.2) is 8.78 Å². The molecule has 6 rings (SSSR count). The molecule has 0 bridgehead atoms. The van der Waals surface area contributed by atoms with Gasteiger partial charge in [-0.15, -0.1) is 0 Å². The molecule has 4 aromatic heterocycles. The maximum Gasteiger partial charge on any atom is 0.248 e. The van der Waals surface area contributed by atoms with E-state index in [4.69, 9.17) is 9.51 Å². The zero-order valence-electron chi connectivity index (χ0n) is 20.7. The molecule has 0 atom stereocenters. The Morgan fingerprint density at radius 2 is 1.80 bits per heavy atom. The second-order valence-corrected chi connectivity index (χ2v) is 10.9. The minimum atomic E-state index is -2.55. The highest BCUT2D eigenvalue weighted by Gasteiger charge is 2.41. The number of hydrogen-bond acceptors (Lipinski definition) is 4. The molecule has 180 valence electrons. The van der Waals surface area contributed by atoms with E-state index < -0.39 is 5.92 Å². The number of hydrogen-bond donors (Lipinski definition) is 0. The van der Waals surface area contributed by atoms with Crippen LogP contribution in [0.3, 0.4) is 0 Å². The predicted octanol–water partition coefficient (Wildman–Crippen LogP) is 4.21. The lowest BCUT2D eigenvalue weighted by molar-refractivity contribution is -0.0498. The zero-order valence-corrected chi connectivity index (χ0v) is 20.7. The fourth-order valence-corrected chi connectivity index (χ4v) is 5.78. The van der Waals surface area contributed by atoms with Gasteiger partial charge in [0.05, 0.1) is 29.0 Å². The van der Waals surface area contributed by atoms with Gasteiger partial charge in [-0.2, -0.15) is 5.10 Å². The van der Waals surface area contributed by atoms with Gasteiger partial charge in [-0.3, -0.25) is 9.67 Å². The Morgan fingerprint density at radius 1 is 1.06 bits per heavy atom. The van der Waals surface area contributed by atoms with Crippen LogP contribution in [-0.2, 0) is 5.34 Å². The number of alkyl halides is 2. The summed E-state index contributed by atoms with van der Waals surface area (Å²) in [6.45, 7) is 3.83. The molecule has 0 N–H and O–H groups in total. The molecule has 0 aliphatic heterocycles. The predicted molar refractivity (Wildman–Crippen MR) is 136 cm³/mol. The minimum Gasteiger partial charge on any atom is -0.361 e. The quantitative estimate of drug-likeness (QED) is 0.406. The first-order valence-electron chi connectivity index (χ1n) is 12.5. The minimum absolute atomic E-state index is 0.0517. The molecule has 0 saturated heterocycles. The van der Waals surface area contributed by atoms with E-state index in [-0.39, 0.29) is 24.1 Å². The number of pyridine rings is 1. The third kappa shape index (κ3) is 3.81. The molecule has 2 saturated carbocycles. The van der Waals surface area contributed by atoms with Crippen LogP contribution in [0.5, 0.6) is 0 Å². The maximum atomic E-state index is 14.0. The average Bonchev–Trinajstić information content (AvgIpc) is 3.26. The fraction of sp³-hybridized carbons (Fsp3) is 0.480. The first-order chi connectivity index (χ1) is 16.6. The van der Waals surface area contributed by atoms with Crippen LogP contribution in [0.2, 0.25) is 0 Å². The van der Waals surface area contributed by atoms with Gasteiger partial charge in [0.15, 0.2) is 0 Å². The smallest absolute Gasteiger partial charge is 0.248 e. The molecule has 0 unspecified atom stereocenters. The van der Waals surface area contributed by atoms with Crippen molar-refractivity contribution in [1.82, 2.24) is 24.5 Å². The van der Waals surface area contributed by atoms with Crippen molar-refractivity contribution in [2.45, 2.75) is 69.7 Å². The lowest BCUT2D eigenvalue weighted by Crippen LogP contribution is -2.45. The van der Waals surface area contributed by atoms with E-state index in [1.54, 1.807) is 0 Å². The first kappa shape index (κ1) is 22.6. The highest BCUT2D eigenvalue weighted by Crippen LogP contribution is 2.44. The van der Waals surface area contributed by atoms with Crippen LogP contribution in [0, 0.1) is 19.8 Å². The van der Waals surface area contributed by atoms with Gasteiger partial charge in [-0.05, 0) is 56.9 Å². The molecule has 0 spiro atoms. The summed E-state index contributed by atoms with van der Waals surface area (Å²) < 4.78 is 37.6. The summed E-state index contributed by atoms with van der Waals surface area (Å²) in [5.41, 5.74) is 6.64. The molecule has 4 aromatic rings. The molecular formula is C25H29B2F2N5O. The van der Waals surface area contributed by atoms with Crippen molar-refractivity contribution in [1.29, 1.82) is 0 Å². The largest absolute Gasteiger partial charge is 0.361 e. The third-order valence-corrected chi connectivity index (χ3v) is 8.13. The van der Waals surface area contributed by atoms with Gasteiger partial charge >= 0.3 is 0 Å². The molecule has 35 heavy (non-hydrogen) atoms. The lowest BCUT2D eigenvalue weighted by atomic mass is 9.52. The van der Waals surface area contributed by atoms with Crippen molar-refractivity contribution >= 4 is 26.7 Å². The van der Waals surface area contributed by atoms with Crippen LogP contribution in [0.1, 0.15) is 56.0 Å². The van der Waals surface area contributed by atoms with Gasteiger partial charge < -0.3 is 9.09 Å². The van der Waals surface area contributed by atoms with Crippen molar-refractivity contribution < 1.29 is 13.3 Å². The molecule has 4 heterocycles. The van der Waals surface area contributed by atoms with Crippen molar-refractivity contribution in [2.24, 2.45) is 5.92 Å². The van der Waals surface area contributed by atoms with E-state index in [2.05, 4.69) is 49.0 Å². The Morgan fingerprint density at radius 3 is 2.46 bits per heavy atom. The van der Waals surface area contributed by atoms with E-state index in [1.165, 1.54) is 12.8 Å². The summed E-state index contributed by atoms with van der Waals surface area (Å²) in [4.78, 5) is 4.92. The topological polar surface area (TPSA) is 61.7 Å². The second-order valence-electron chi connectivity index (χ2n) is 10.9. The lowest BCUT2D eigenvalue weighted by Gasteiger charge is -2.41. The van der Waals surface area contributed by atoms with Crippen molar-refractivity contribution in [3.05, 3.63) is 42.3 Å². The summed E-state index contributed by atoms with van der Waals surface area (Å²) in [6.07, 6.45) is 11.3. The number of aryl methyl sites for hydroxylation is 2. The van der Waals surface area contributed by atoms with E-state index in [1.807, 2.05) is 30.9 Å². The summed E-state index contributed by atoms with van der Waals surface area (Å²) in [5, 5.41) is 8.35. The van der Waals surface area contributed by atoms with Crippen LogP contribution >= 0.6 is 0 Å². The summed E-state index contributed by atoms with van der Waals surface area (Å²) in [5.74, 6) is -1.66. The molecule has 0 radical (unpaired) electrons. The Balaban J connectivity index is 1.50. The molecule has 2 aliphatic rings. The van der Waals surface area contributed by atoms with Gasteiger partial charge in [0.1, 0.15) is 21.5 Å². The molecular weight excluding hydrogens is 446 g/mol. The van der Waals surface area contributed by atoms with Crippen LogP contribution in [0.15, 0.2) is 35.4 Å². The monoisotopic (exact) mass is 475 g/mol. The van der Waals surface area contributed by atoms with E-state index >= 15 is 0 Å². The number of rotatable bonds is 5. The number of fused-ring (bicyclic) bond motifs is 1. The third-order valence-electron chi connectivity index (χ3n) is 8.13. The van der Waals surface area contributed by atoms with Crippen LogP contribution in [0.4, 0.5) is 8.78 Å². The Bertz CT molecular complexity index is 1390. The molecule has 0 aromatic carbocycles. The van der Waals surface area contributed by atoms with Gasteiger partial charge in [-0.1, -0.05) is 5.16 Å². The van der Waals surface area contributed by atoms with Crippen LogP contribution in [-0.4, -0.2) is 46.1 Å². The Kier molecular flexibility index (Phi) is 5.03. The molecule has 6 nitrogen and oxygen atoms in total. The maximum absolute atomic E-state index is 14.0. The SMILES string of the molecule is BC(B)(C1CCC(F)(F)CC1)n1cc(-c2cnn(C3CC3)c2)c2ncc(-c3c(C)noc3C)cc21. The first-order valence-corrected chi connectivity index (χ1v) is 12.5. The molecule has 2 fully saturated rings. The summed E-state index contributed by atoms with van der Waals surface area (Å²) in [6, 6.07) is 2.64. The summed E-state index contributed by atoms with van der Waals surface area (Å²) in [7, 11) is 4.33. The zero-order chi connectivity index (χ0) is 24.5. The number of nitrogens with zero attached hydrogens (tertiary/aromatic N) is 5. The normalized spacial score (nSPS) is 19.0. The van der Waals surface area contributed by atoms with Crippen molar-refractivity contribution in [3.63, 3.8) is 0 Å². The highest BCUT2D eigenvalue weighted by molar-refractivity contribution is 6.38. The molecule has 2 aliphatic carbocycles. The van der Waals surface area contributed by atoms with Gasteiger partial charge in [0.2, 0.25) is 5.92 Å². The van der Waals surface area contributed by atoms with E-state index in [0.717, 1.165) is 44.7 Å². The highest BCUT2D eigenvalue weighted by atomic mass is 19.3. The molecule has 0 amide bonds. The summed E-state index contributed by atoms with van der Waals surface area (Å²) >= 11 is 0. The van der Waals surface area contributed by atoms with Crippen molar-refractivity contribution in [3.8, 4) is 22.3 Å². The standard InChI is InChI=1S/C25H29B2F2N5O/c1-14-22(15(2)35-32-14)16-9-21-23(30-10-16)20(17-11-31-34(12-17)19-3-4-19)13-33(21)25(26,27)18-5-7-24(28,29)8-6-18/h9-13,18-19H,3-8,26-27H2,1-2H3. The van der Waals surface area contributed by atoms with Gasteiger partial charge in [0, 0.05) is 53.7 Å². The van der Waals surface area contributed by atoms with Crippen LogP contribution in [0.25, 0.3) is 33.3 Å². The van der Waals surface area contributed by atoms with Crippen LogP contribution < -0.4 is 0 Å². The van der Waals surface area contributed by atoms with E-state index in [0.29, 0.717) is 18.9 Å². The number of halogens is 2.